The molecule has 0 fully saturated rings. The van der Waals surface area contributed by atoms with Crippen LogP contribution < -0.4 is 35.3 Å². The number of hydrogen-bond donors (Lipinski definition) is 0. The van der Waals surface area contributed by atoms with Crippen molar-refractivity contribution in [1.82, 2.24) is 0 Å². The Morgan fingerprint density at radius 1 is 0.737 bits per heavy atom. The molecule has 0 unspecified atom stereocenters. The average molecular weight is 612 g/mol. The molecule has 1 radical (unpaired) electrons. The summed E-state index contributed by atoms with van der Waals surface area (Å²) in [6, 6.07) is 30.6. The summed E-state index contributed by atoms with van der Waals surface area (Å²) in [4.78, 5) is 0. The van der Waals surface area contributed by atoms with E-state index in [2.05, 4.69) is 123 Å². The third kappa shape index (κ3) is 5.10. The molecule has 38 heavy (non-hydrogen) atoms. The molecule has 6 rings (SSSR count). The van der Waals surface area contributed by atoms with Gasteiger partial charge in [0.15, 0.2) is 0 Å². The minimum Gasteiger partial charge on any atom is -1.00 e. The van der Waals surface area contributed by atoms with E-state index in [1.165, 1.54) is 65.4 Å². The van der Waals surface area contributed by atoms with Crippen molar-refractivity contribution < 1.29 is 51.0 Å². The first-order valence-electron chi connectivity index (χ1n) is 12.7. The Morgan fingerprint density at radius 2 is 1.32 bits per heavy atom. The van der Waals surface area contributed by atoms with Gasteiger partial charge in [-0.25, -0.2) is 0 Å². The molecule has 0 aliphatic heterocycles. The van der Waals surface area contributed by atoms with Crippen LogP contribution in [0.2, 0.25) is 0 Å². The van der Waals surface area contributed by atoms with Gasteiger partial charge in [0.1, 0.15) is 0 Å². The maximum atomic E-state index is 3.87. The molecule has 4 aromatic carbocycles. The number of benzene rings is 4. The Morgan fingerprint density at radius 3 is 1.87 bits per heavy atom. The van der Waals surface area contributed by atoms with Crippen molar-refractivity contribution in [3.63, 3.8) is 0 Å². The summed E-state index contributed by atoms with van der Waals surface area (Å²) in [5.74, 6) is 0. The van der Waals surface area contributed by atoms with Crippen LogP contribution in [0.1, 0.15) is 53.6 Å². The molecule has 187 valence electrons. The fourth-order valence-electron chi connectivity index (χ4n) is 5.90. The zero-order valence-electron chi connectivity index (χ0n) is 21.7. The molecule has 0 spiro atoms. The summed E-state index contributed by atoms with van der Waals surface area (Å²) in [7, 11) is 0. The van der Waals surface area contributed by atoms with Crippen molar-refractivity contribution in [2.75, 3.05) is 0 Å². The molecule has 0 aromatic heterocycles. The standard InChI is InChI=1S/C35H29.2ClH.Zr/c1-3-28-29(4-2)35(32(24-15-7-5-8-16-24)25-17-9-6-10-18-25)33(26-19-11-12-20-26)31-23-27-21-13-14-22-30(27)34(28)31;;;/h5-19,21-22H,3-4,20H2,1-2H3;2*1H;/q-1;;;+3/p-2. The second-order valence-corrected chi connectivity index (χ2v) is 9.27. The van der Waals surface area contributed by atoms with Crippen molar-refractivity contribution in [3.05, 3.63) is 157 Å². The third-order valence-corrected chi connectivity index (χ3v) is 7.35. The van der Waals surface area contributed by atoms with E-state index in [0.717, 1.165) is 19.3 Å². The molecule has 0 N–H and O–H groups in total. The number of fused-ring (bicyclic) bond motifs is 2. The molecule has 2 aliphatic rings. The molecule has 0 amide bonds. The molecular formula is C35H29Cl2Zr. The first kappa shape index (κ1) is 30.1. The summed E-state index contributed by atoms with van der Waals surface area (Å²) < 4.78 is 0. The molecular weight excluding hydrogens is 583 g/mol. The van der Waals surface area contributed by atoms with Crippen LogP contribution in [0, 0.1) is 10.4 Å². The van der Waals surface area contributed by atoms with Gasteiger partial charge in [0.05, 0.1) is 0 Å². The van der Waals surface area contributed by atoms with Crippen molar-refractivity contribution in [3.8, 4) is 0 Å². The van der Waals surface area contributed by atoms with E-state index in [4.69, 9.17) is 0 Å². The van der Waals surface area contributed by atoms with Crippen LogP contribution in [0.3, 0.4) is 0 Å². The molecule has 0 saturated heterocycles. The Bertz CT molecular complexity index is 1680. The molecule has 2 aliphatic carbocycles. The van der Waals surface area contributed by atoms with Gasteiger partial charge in [-0.2, -0.15) is 0 Å². The number of halogens is 2. The van der Waals surface area contributed by atoms with E-state index >= 15 is 0 Å². The van der Waals surface area contributed by atoms with E-state index in [0.29, 0.717) is 0 Å². The maximum Gasteiger partial charge on any atom is 3.00 e. The summed E-state index contributed by atoms with van der Waals surface area (Å²) in [6.07, 6.45) is 13.6. The average Bonchev–Trinajstić information content (AvgIpc) is 3.58. The van der Waals surface area contributed by atoms with Gasteiger partial charge in [-0.3, -0.25) is 0 Å². The van der Waals surface area contributed by atoms with E-state index < -0.39 is 0 Å². The minimum absolute atomic E-state index is 0. The van der Waals surface area contributed by atoms with Gasteiger partial charge >= 0.3 is 26.2 Å². The Kier molecular flexibility index (Phi) is 10.4. The van der Waals surface area contributed by atoms with Crippen molar-refractivity contribution in [1.29, 1.82) is 0 Å². The molecule has 0 heterocycles. The van der Waals surface area contributed by atoms with Gasteiger partial charge in [-0.15, -0.1) is 33.4 Å². The predicted molar refractivity (Wildman–Crippen MR) is 147 cm³/mol. The molecule has 4 aromatic rings. The fourth-order valence-corrected chi connectivity index (χ4v) is 5.90. The monoisotopic (exact) mass is 609 g/mol. The summed E-state index contributed by atoms with van der Waals surface area (Å²) in [6.45, 7) is 4.62. The quantitative estimate of drug-likeness (QED) is 0.257. The van der Waals surface area contributed by atoms with Gasteiger partial charge in [-0.05, 0) is 41.2 Å². The Balaban J connectivity index is 0.00000133. The zero-order chi connectivity index (χ0) is 23.8. The first-order valence-corrected chi connectivity index (χ1v) is 12.7. The summed E-state index contributed by atoms with van der Waals surface area (Å²) in [5.41, 5.74) is 10.8. The normalized spacial score (nSPS) is 12.2. The molecule has 3 heteroatoms. The molecule has 0 nitrogen and oxygen atoms in total. The first-order chi connectivity index (χ1) is 17.3. The number of allylic oxidation sites excluding steroid dienone is 4. The van der Waals surface area contributed by atoms with Gasteiger partial charge in [0.2, 0.25) is 0 Å². The van der Waals surface area contributed by atoms with Crippen LogP contribution in [-0.2, 0) is 39.0 Å². The van der Waals surface area contributed by atoms with Crippen LogP contribution in [0.4, 0.5) is 0 Å². The van der Waals surface area contributed by atoms with E-state index in [9.17, 15) is 0 Å². The van der Waals surface area contributed by atoms with Crippen LogP contribution in [0.5, 0.6) is 0 Å². The van der Waals surface area contributed by atoms with Gasteiger partial charge < -0.3 is 24.8 Å². The van der Waals surface area contributed by atoms with E-state index in [-0.39, 0.29) is 51.0 Å². The molecule has 0 atom stereocenters. The van der Waals surface area contributed by atoms with Crippen LogP contribution in [0.25, 0.3) is 17.2 Å². The number of rotatable bonds is 5. The van der Waals surface area contributed by atoms with Crippen LogP contribution in [-0.4, -0.2) is 0 Å². The SMILES string of the molecule is CCc1c(CC)c2c(c(C3=CC=CC3)c1=C(c1ccccc1)c1ccccc1)[C-]=c1ccccc1=2.[Cl-].[Cl-].[Zr+3]. The van der Waals surface area contributed by atoms with E-state index in [1.54, 1.807) is 0 Å². The second-order valence-electron chi connectivity index (χ2n) is 9.27. The Hall–Kier alpha value is -2.44. The summed E-state index contributed by atoms with van der Waals surface area (Å²) in [5, 5.41) is 5.32. The van der Waals surface area contributed by atoms with Crippen molar-refractivity contribution >= 4 is 17.2 Å². The van der Waals surface area contributed by atoms with Gasteiger partial charge in [0, 0.05) is 0 Å². The van der Waals surface area contributed by atoms with Crippen molar-refractivity contribution in [2.24, 2.45) is 0 Å². The van der Waals surface area contributed by atoms with Crippen molar-refractivity contribution in [2.45, 2.75) is 33.1 Å². The topological polar surface area (TPSA) is 0 Å². The van der Waals surface area contributed by atoms with E-state index in [1.807, 2.05) is 0 Å². The van der Waals surface area contributed by atoms with Gasteiger partial charge in [0.25, 0.3) is 0 Å². The third-order valence-electron chi connectivity index (χ3n) is 7.35. The molecule has 0 bridgehead atoms. The smallest absolute Gasteiger partial charge is 1.00 e. The minimum atomic E-state index is 0. The summed E-state index contributed by atoms with van der Waals surface area (Å²) >= 11 is 0. The maximum absolute atomic E-state index is 3.87. The van der Waals surface area contributed by atoms with Gasteiger partial charge in [-0.1, -0.05) is 133 Å². The zero-order valence-corrected chi connectivity index (χ0v) is 25.7. The van der Waals surface area contributed by atoms with Crippen LogP contribution in [0.15, 0.2) is 103 Å². The van der Waals surface area contributed by atoms with Crippen LogP contribution >= 0.6 is 0 Å². The Labute approximate surface area is 257 Å². The largest absolute Gasteiger partial charge is 3.00 e. The second kappa shape index (κ2) is 13.1. The molecule has 0 saturated carbocycles. The predicted octanol–water partition coefficient (Wildman–Crippen LogP) is 0.714. The fraction of sp³-hybridized carbons (Fsp3) is 0.143. The number of hydrogen-bond acceptors (Lipinski definition) is 0.